The molecular formula is C32H34NO7+. The SMILES string of the molecule is COc1cc(CCCc2c3[n+](cc4c(OC)c(OC)ccc24)CCc2cc4c(cc2-3)OCO4)cc(OC)c1OC. The molecular weight excluding hydrogens is 510 g/mol. The van der Waals surface area contributed by atoms with Crippen LogP contribution >= 0.6 is 0 Å². The first-order valence-electron chi connectivity index (χ1n) is 13.4. The predicted molar refractivity (Wildman–Crippen MR) is 151 cm³/mol. The first kappa shape index (κ1) is 25.9. The van der Waals surface area contributed by atoms with Gasteiger partial charge in [-0.2, -0.15) is 4.57 Å². The number of hydrogen-bond donors (Lipinski definition) is 0. The number of hydrogen-bond acceptors (Lipinski definition) is 7. The largest absolute Gasteiger partial charge is 0.493 e. The van der Waals surface area contributed by atoms with Crippen LogP contribution < -0.4 is 37.7 Å². The molecule has 0 aliphatic carbocycles. The molecule has 0 amide bonds. The average molecular weight is 545 g/mol. The van der Waals surface area contributed by atoms with E-state index in [1.54, 1.807) is 35.5 Å². The van der Waals surface area contributed by atoms with Crippen LogP contribution in [0.5, 0.6) is 40.2 Å². The Balaban J connectivity index is 1.45. The van der Waals surface area contributed by atoms with E-state index >= 15 is 0 Å². The van der Waals surface area contributed by atoms with E-state index in [1.807, 2.05) is 18.2 Å². The van der Waals surface area contributed by atoms with Gasteiger partial charge in [-0.3, -0.25) is 0 Å². The highest BCUT2D eigenvalue weighted by Crippen LogP contribution is 2.44. The number of ether oxygens (including phenoxy) is 7. The van der Waals surface area contributed by atoms with Crippen LogP contribution in [-0.2, 0) is 25.8 Å². The predicted octanol–water partition coefficient (Wildman–Crippen LogP) is 5.30. The Kier molecular flexibility index (Phi) is 6.92. The minimum atomic E-state index is 0.259. The van der Waals surface area contributed by atoms with E-state index < -0.39 is 0 Å². The zero-order valence-corrected chi connectivity index (χ0v) is 23.6. The lowest BCUT2D eigenvalue weighted by Gasteiger charge is -2.21. The molecule has 0 spiro atoms. The highest BCUT2D eigenvalue weighted by atomic mass is 16.7. The summed E-state index contributed by atoms with van der Waals surface area (Å²) in [7, 11) is 8.28. The Bertz CT molecular complexity index is 1570. The van der Waals surface area contributed by atoms with Crippen LogP contribution in [-0.4, -0.2) is 42.3 Å². The fraction of sp³-hybridized carbons (Fsp3) is 0.344. The van der Waals surface area contributed by atoms with E-state index in [0.717, 1.165) is 71.6 Å². The van der Waals surface area contributed by atoms with Gasteiger partial charge in [0.15, 0.2) is 47.2 Å². The second-order valence-electron chi connectivity index (χ2n) is 9.91. The fourth-order valence-electron chi connectivity index (χ4n) is 6.01. The van der Waals surface area contributed by atoms with Crippen molar-refractivity contribution in [3.05, 3.63) is 59.3 Å². The normalized spacial score (nSPS) is 13.0. The van der Waals surface area contributed by atoms with Crippen molar-refractivity contribution in [3.63, 3.8) is 0 Å². The van der Waals surface area contributed by atoms with E-state index in [-0.39, 0.29) is 6.79 Å². The molecule has 208 valence electrons. The highest BCUT2D eigenvalue weighted by Gasteiger charge is 2.32. The van der Waals surface area contributed by atoms with Crippen molar-refractivity contribution < 1.29 is 37.7 Å². The third-order valence-corrected chi connectivity index (χ3v) is 7.86. The van der Waals surface area contributed by atoms with Crippen LogP contribution in [0.1, 0.15) is 23.1 Å². The van der Waals surface area contributed by atoms with Gasteiger partial charge in [-0.1, -0.05) is 0 Å². The van der Waals surface area contributed by atoms with Crippen molar-refractivity contribution in [2.24, 2.45) is 0 Å². The summed E-state index contributed by atoms with van der Waals surface area (Å²) >= 11 is 0. The highest BCUT2D eigenvalue weighted by molar-refractivity contribution is 5.95. The molecule has 2 aliphatic heterocycles. The van der Waals surface area contributed by atoms with Crippen LogP contribution in [0.15, 0.2) is 42.6 Å². The van der Waals surface area contributed by atoms with E-state index in [9.17, 15) is 0 Å². The van der Waals surface area contributed by atoms with Crippen LogP contribution in [0, 0.1) is 0 Å². The third-order valence-electron chi connectivity index (χ3n) is 7.86. The topological polar surface area (TPSA) is 68.5 Å². The Morgan fingerprint density at radius 1 is 0.725 bits per heavy atom. The molecule has 4 aromatic rings. The summed E-state index contributed by atoms with van der Waals surface area (Å²) in [5.41, 5.74) is 6.07. The molecule has 3 aromatic carbocycles. The Labute approximate surface area is 233 Å². The first-order valence-corrected chi connectivity index (χ1v) is 13.4. The van der Waals surface area contributed by atoms with Crippen LogP contribution in [0.25, 0.3) is 22.0 Å². The Morgan fingerprint density at radius 2 is 1.43 bits per heavy atom. The van der Waals surface area contributed by atoms with Gasteiger partial charge in [-0.25, -0.2) is 0 Å². The molecule has 0 saturated carbocycles. The quantitative estimate of drug-likeness (QED) is 0.265. The molecule has 6 rings (SSSR count). The number of pyridine rings is 1. The van der Waals surface area contributed by atoms with Crippen molar-refractivity contribution in [2.45, 2.75) is 32.2 Å². The smallest absolute Gasteiger partial charge is 0.231 e. The molecule has 0 N–H and O–H groups in total. The summed E-state index contributed by atoms with van der Waals surface area (Å²) in [5.74, 6) is 5.01. The van der Waals surface area contributed by atoms with Gasteiger partial charge in [0.05, 0.1) is 46.5 Å². The average Bonchev–Trinajstić information content (AvgIpc) is 3.45. The molecule has 0 saturated heterocycles. The van der Waals surface area contributed by atoms with Crippen LogP contribution in [0.3, 0.4) is 0 Å². The van der Waals surface area contributed by atoms with E-state index in [0.29, 0.717) is 17.2 Å². The van der Waals surface area contributed by atoms with Gasteiger partial charge in [0, 0.05) is 17.4 Å². The number of benzene rings is 3. The summed E-state index contributed by atoms with van der Waals surface area (Å²) in [5, 5.41) is 2.19. The minimum absolute atomic E-state index is 0.259. The van der Waals surface area contributed by atoms with Gasteiger partial charge in [-0.15, -0.1) is 0 Å². The lowest BCUT2D eigenvalue weighted by molar-refractivity contribution is -0.686. The molecule has 0 bridgehead atoms. The number of nitrogens with zero attached hydrogens (tertiary/aromatic N) is 1. The van der Waals surface area contributed by atoms with E-state index in [1.165, 1.54) is 22.4 Å². The maximum absolute atomic E-state index is 5.86. The maximum atomic E-state index is 5.86. The summed E-state index contributed by atoms with van der Waals surface area (Å²) in [4.78, 5) is 0. The zero-order chi connectivity index (χ0) is 27.8. The summed E-state index contributed by atoms with van der Waals surface area (Å²) in [6.45, 7) is 1.12. The number of methoxy groups -OCH3 is 5. The third kappa shape index (κ3) is 4.28. The molecule has 0 atom stereocenters. The second-order valence-corrected chi connectivity index (χ2v) is 9.91. The van der Waals surface area contributed by atoms with Crippen molar-refractivity contribution in [1.29, 1.82) is 0 Å². The minimum Gasteiger partial charge on any atom is -0.493 e. The standard InChI is InChI=1S/C32H34NO7/c1-34-25-10-9-21-22(8-6-7-19-13-28(35-2)32(38-5)29(14-19)36-3)30-23-16-27-26(39-18-40-27)15-20(23)11-12-33(30)17-24(21)31(25)37-4/h9-10,13-17H,6-8,11-12,18H2,1-5H3/q+1. The number of aryl methyl sites for hydroxylation is 4. The van der Waals surface area contributed by atoms with Crippen molar-refractivity contribution >= 4 is 10.8 Å². The van der Waals surface area contributed by atoms with Gasteiger partial charge >= 0.3 is 0 Å². The molecule has 0 fully saturated rings. The second kappa shape index (κ2) is 10.7. The molecule has 0 unspecified atom stereocenters. The molecule has 0 radical (unpaired) electrons. The van der Waals surface area contributed by atoms with Crippen LogP contribution in [0.2, 0.25) is 0 Å². The maximum Gasteiger partial charge on any atom is 0.231 e. The van der Waals surface area contributed by atoms with Gasteiger partial charge in [0.1, 0.15) is 0 Å². The van der Waals surface area contributed by atoms with Crippen molar-refractivity contribution in [1.82, 2.24) is 0 Å². The summed E-state index contributed by atoms with van der Waals surface area (Å²) < 4.78 is 42.0. The first-order chi connectivity index (χ1) is 19.6. The van der Waals surface area contributed by atoms with Crippen molar-refractivity contribution in [3.8, 4) is 51.5 Å². The van der Waals surface area contributed by atoms with Gasteiger partial charge < -0.3 is 33.2 Å². The zero-order valence-electron chi connectivity index (χ0n) is 23.6. The Hall–Kier alpha value is -4.33. The molecule has 8 heteroatoms. The summed E-state index contributed by atoms with van der Waals surface area (Å²) in [6, 6.07) is 12.5. The molecule has 40 heavy (non-hydrogen) atoms. The van der Waals surface area contributed by atoms with Gasteiger partial charge in [0.2, 0.25) is 18.2 Å². The fourth-order valence-corrected chi connectivity index (χ4v) is 6.01. The van der Waals surface area contributed by atoms with Gasteiger partial charge in [-0.05, 0) is 66.8 Å². The number of aromatic nitrogens is 1. The molecule has 3 heterocycles. The summed E-state index contributed by atoms with van der Waals surface area (Å²) in [6.07, 6.45) is 5.72. The molecule has 8 nitrogen and oxygen atoms in total. The molecule has 1 aromatic heterocycles. The molecule has 2 aliphatic rings. The Morgan fingerprint density at radius 3 is 2.10 bits per heavy atom. The van der Waals surface area contributed by atoms with Gasteiger partial charge in [0.25, 0.3) is 0 Å². The number of rotatable bonds is 9. The van der Waals surface area contributed by atoms with E-state index in [2.05, 4.69) is 29.0 Å². The number of fused-ring (bicyclic) bond motifs is 5. The lowest BCUT2D eigenvalue weighted by atomic mass is 9.89. The van der Waals surface area contributed by atoms with Crippen LogP contribution in [0.4, 0.5) is 0 Å². The monoisotopic (exact) mass is 544 g/mol. The lowest BCUT2D eigenvalue weighted by Crippen LogP contribution is -2.41. The van der Waals surface area contributed by atoms with Crippen molar-refractivity contribution in [2.75, 3.05) is 42.3 Å². The van der Waals surface area contributed by atoms with E-state index in [4.69, 9.17) is 33.2 Å².